The summed E-state index contributed by atoms with van der Waals surface area (Å²) in [5.41, 5.74) is 3.35. The molecular formula is C26H24N2O4. The molecule has 32 heavy (non-hydrogen) atoms. The van der Waals surface area contributed by atoms with Crippen LogP contribution in [0.2, 0.25) is 0 Å². The van der Waals surface area contributed by atoms with Gasteiger partial charge in [-0.05, 0) is 55.3 Å². The Labute approximate surface area is 187 Å². The first-order chi connectivity index (χ1) is 15.5. The SMILES string of the molecule is CCOc1cccc(N2C(=O)C(Nc3ccccc3C)=C(c3ccc(OC)cc3)C2=O)c1. The highest BCUT2D eigenvalue weighted by molar-refractivity contribution is 6.46. The maximum absolute atomic E-state index is 13.6. The molecule has 0 saturated heterocycles. The predicted octanol–water partition coefficient (Wildman–Crippen LogP) is 4.80. The number of aryl methyl sites for hydroxylation is 1. The summed E-state index contributed by atoms with van der Waals surface area (Å²) in [6.07, 6.45) is 0. The fourth-order valence-electron chi connectivity index (χ4n) is 3.63. The minimum absolute atomic E-state index is 0.233. The number of rotatable bonds is 7. The average molecular weight is 428 g/mol. The van der Waals surface area contributed by atoms with Crippen LogP contribution in [0, 0.1) is 6.92 Å². The van der Waals surface area contributed by atoms with Gasteiger partial charge in [0.15, 0.2) is 0 Å². The Morgan fingerprint density at radius 3 is 2.31 bits per heavy atom. The number of ether oxygens (including phenoxy) is 2. The number of anilines is 2. The molecule has 0 aromatic heterocycles. The van der Waals surface area contributed by atoms with Crippen LogP contribution in [0.25, 0.3) is 5.57 Å². The van der Waals surface area contributed by atoms with Crippen molar-refractivity contribution in [2.45, 2.75) is 13.8 Å². The van der Waals surface area contributed by atoms with Gasteiger partial charge in [-0.25, -0.2) is 4.90 Å². The average Bonchev–Trinajstić information content (AvgIpc) is 3.05. The van der Waals surface area contributed by atoms with E-state index < -0.39 is 11.8 Å². The second kappa shape index (κ2) is 8.98. The summed E-state index contributed by atoms with van der Waals surface area (Å²) < 4.78 is 10.8. The van der Waals surface area contributed by atoms with Gasteiger partial charge in [0.2, 0.25) is 0 Å². The third-order valence-electron chi connectivity index (χ3n) is 5.25. The summed E-state index contributed by atoms with van der Waals surface area (Å²) in [4.78, 5) is 28.3. The van der Waals surface area contributed by atoms with E-state index in [1.807, 2.05) is 38.1 Å². The van der Waals surface area contributed by atoms with E-state index in [-0.39, 0.29) is 5.70 Å². The van der Waals surface area contributed by atoms with Gasteiger partial charge in [-0.15, -0.1) is 0 Å². The van der Waals surface area contributed by atoms with Gasteiger partial charge in [0.25, 0.3) is 11.8 Å². The molecule has 6 nitrogen and oxygen atoms in total. The quantitative estimate of drug-likeness (QED) is 0.548. The van der Waals surface area contributed by atoms with E-state index in [1.54, 1.807) is 55.6 Å². The van der Waals surface area contributed by atoms with Crippen molar-refractivity contribution in [2.75, 3.05) is 23.9 Å². The van der Waals surface area contributed by atoms with Crippen molar-refractivity contribution in [2.24, 2.45) is 0 Å². The molecular weight excluding hydrogens is 404 g/mol. The molecule has 1 aliphatic heterocycles. The van der Waals surface area contributed by atoms with Crippen LogP contribution in [0.15, 0.2) is 78.5 Å². The van der Waals surface area contributed by atoms with E-state index in [2.05, 4.69) is 5.32 Å². The van der Waals surface area contributed by atoms with Gasteiger partial charge in [0.05, 0.1) is 25.0 Å². The molecule has 0 atom stereocenters. The van der Waals surface area contributed by atoms with Crippen molar-refractivity contribution in [1.82, 2.24) is 0 Å². The lowest BCUT2D eigenvalue weighted by molar-refractivity contribution is -0.120. The minimum atomic E-state index is -0.419. The lowest BCUT2D eigenvalue weighted by Gasteiger charge is -2.17. The van der Waals surface area contributed by atoms with Gasteiger partial charge in [-0.1, -0.05) is 36.4 Å². The molecule has 4 rings (SSSR count). The number of imide groups is 1. The van der Waals surface area contributed by atoms with Crippen molar-refractivity contribution in [3.8, 4) is 11.5 Å². The molecule has 2 amide bonds. The largest absolute Gasteiger partial charge is 0.497 e. The van der Waals surface area contributed by atoms with Gasteiger partial charge in [-0.3, -0.25) is 9.59 Å². The highest BCUT2D eigenvalue weighted by atomic mass is 16.5. The zero-order valence-corrected chi connectivity index (χ0v) is 18.2. The van der Waals surface area contributed by atoms with Crippen molar-refractivity contribution < 1.29 is 19.1 Å². The molecule has 0 unspecified atom stereocenters. The molecule has 0 aliphatic carbocycles. The highest BCUT2D eigenvalue weighted by Crippen LogP contribution is 2.35. The Kier molecular flexibility index (Phi) is 5.94. The van der Waals surface area contributed by atoms with Crippen LogP contribution in [0.3, 0.4) is 0 Å². The standard InChI is InChI=1S/C26H24N2O4/c1-4-32-21-10-7-9-19(16-21)28-25(29)23(18-12-14-20(31-3)15-13-18)24(26(28)30)27-22-11-6-5-8-17(22)2/h5-16,27H,4H2,1-3H3. The van der Waals surface area contributed by atoms with Crippen molar-refractivity contribution in [3.63, 3.8) is 0 Å². The Morgan fingerprint density at radius 1 is 0.875 bits per heavy atom. The Bertz CT molecular complexity index is 1200. The zero-order valence-electron chi connectivity index (χ0n) is 18.2. The minimum Gasteiger partial charge on any atom is -0.497 e. The molecule has 6 heteroatoms. The monoisotopic (exact) mass is 428 g/mol. The van der Waals surface area contributed by atoms with Crippen LogP contribution in [0.5, 0.6) is 11.5 Å². The smallest absolute Gasteiger partial charge is 0.282 e. The van der Waals surface area contributed by atoms with E-state index in [1.165, 1.54) is 4.90 Å². The lowest BCUT2D eigenvalue weighted by atomic mass is 10.0. The number of methoxy groups -OCH3 is 1. The molecule has 162 valence electrons. The van der Waals surface area contributed by atoms with Crippen molar-refractivity contribution >= 4 is 28.8 Å². The number of nitrogens with one attached hydrogen (secondary N) is 1. The second-order valence-corrected chi connectivity index (χ2v) is 7.29. The number of nitrogens with zero attached hydrogens (tertiary/aromatic N) is 1. The molecule has 1 aliphatic rings. The molecule has 3 aromatic rings. The highest BCUT2D eigenvalue weighted by Gasteiger charge is 2.40. The van der Waals surface area contributed by atoms with Gasteiger partial charge >= 0.3 is 0 Å². The number of carbonyl (C=O) groups is 2. The number of benzene rings is 3. The van der Waals surface area contributed by atoms with Crippen LogP contribution in [0.4, 0.5) is 11.4 Å². The number of hydrogen-bond donors (Lipinski definition) is 1. The number of para-hydroxylation sites is 1. The van der Waals surface area contributed by atoms with Crippen LogP contribution < -0.4 is 19.7 Å². The van der Waals surface area contributed by atoms with Crippen molar-refractivity contribution in [1.29, 1.82) is 0 Å². The van der Waals surface area contributed by atoms with E-state index in [4.69, 9.17) is 9.47 Å². The molecule has 0 saturated carbocycles. The van der Waals surface area contributed by atoms with Gasteiger partial charge < -0.3 is 14.8 Å². The Morgan fingerprint density at radius 2 is 1.62 bits per heavy atom. The molecule has 0 fully saturated rings. The number of amides is 2. The van der Waals surface area contributed by atoms with Gasteiger partial charge in [-0.2, -0.15) is 0 Å². The fourth-order valence-corrected chi connectivity index (χ4v) is 3.63. The summed E-state index contributed by atoms with van der Waals surface area (Å²) in [6.45, 7) is 4.31. The summed E-state index contributed by atoms with van der Waals surface area (Å²) in [6, 6.07) is 21.7. The summed E-state index contributed by atoms with van der Waals surface area (Å²) >= 11 is 0. The number of hydrogen-bond acceptors (Lipinski definition) is 5. The predicted molar refractivity (Wildman–Crippen MR) is 125 cm³/mol. The summed E-state index contributed by atoms with van der Waals surface area (Å²) in [5.74, 6) is 0.445. The molecule has 0 bridgehead atoms. The van der Waals surface area contributed by atoms with Crippen LogP contribution in [-0.4, -0.2) is 25.5 Å². The molecule has 1 heterocycles. The maximum Gasteiger partial charge on any atom is 0.282 e. The fraction of sp³-hybridized carbons (Fsp3) is 0.154. The number of carbonyl (C=O) groups excluding carboxylic acids is 2. The zero-order chi connectivity index (χ0) is 22.7. The Hall–Kier alpha value is -4.06. The van der Waals surface area contributed by atoms with Crippen molar-refractivity contribution in [3.05, 3.63) is 89.6 Å². The van der Waals surface area contributed by atoms with E-state index in [0.29, 0.717) is 34.9 Å². The van der Waals surface area contributed by atoms with Gasteiger partial charge in [0.1, 0.15) is 17.2 Å². The molecule has 3 aromatic carbocycles. The second-order valence-electron chi connectivity index (χ2n) is 7.29. The first kappa shape index (κ1) is 21.2. The maximum atomic E-state index is 13.6. The van der Waals surface area contributed by atoms with Crippen LogP contribution in [-0.2, 0) is 9.59 Å². The topological polar surface area (TPSA) is 67.9 Å². The van der Waals surface area contributed by atoms with Crippen LogP contribution in [0.1, 0.15) is 18.1 Å². The van der Waals surface area contributed by atoms with E-state index in [9.17, 15) is 9.59 Å². The lowest BCUT2D eigenvalue weighted by Crippen LogP contribution is -2.32. The molecule has 1 N–H and O–H groups in total. The molecule has 0 spiro atoms. The first-order valence-electron chi connectivity index (χ1n) is 10.4. The van der Waals surface area contributed by atoms with Crippen LogP contribution >= 0.6 is 0 Å². The molecule has 0 radical (unpaired) electrons. The third-order valence-corrected chi connectivity index (χ3v) is 5.25. The van der Waals surface area contributed by atoms with E-state index in [0.717, 1.165) is 11.3 Å². The van der Waals surface area contributed by atoms with E-state index >= 15 is 0 Å². The first-order valence-corrected chi connectivity index (χ1v) is 10.4. The summed E-state index contributed by atoms with van der Waals surface area (Å²) in [7, 11) is 1.58. The third kappa shape index (κ3) is 3.95. The normalized spacial score (nSPS) is 13.5. The summed E-state index contributed by atoms with van der Waals surface area (Å²) in [5, 5.41) is 3.21. The van der Waals surface area contributed by atoms with Gasteiger partial charge in [0, 0.05) is 11.8 Å². The Balaban J connectivity index is 1.80.